The van der Waals surface area contributed by atoms with Gasteiger partial charge in [0.05, 0.1) is 6.16 Å². The Kier molecular flexibility index (Phi) is 2.94. The van der Waals surface area contributed by atoms with Crippen molar-refractivity contribution in [2.45, 2.75) is 6.54 Å². The quantitative estimate of drug-likeness (QED) is 0.526. The van der Waals surface area contributed by atoms with Gasteiger partial charge in [0.15, 0.2) is 0 Å². The molecule has 0 aromatic carbocycles. The number of nitrogens with zero attached hydrogens (tertiary/aromatic N) is 2. The van der Waals surface area contributed by atoms with Gasteiger partial charge in [-0.25, -0.2) is 4.98 Å². The molecule has 0 bridgehead atoms. The van der Waals surface area contributed by atoms with Gasteiger partial charge in [0, 0.05) is 25.2 Å². The number of hydrogen-bond donors (Lipinski definition) is 4. The number of nitrogens with two attached hydrogens (primary N) is 1. The number of carbonyl (C=O) groups is 1. The standard InChI is InChI=1S/C8H13N4O4P/c9-7(13)6-3-12-2-5(4-17(14,15)16)1-10-8(12)11-6/h3,5H,1-2,4H2,(H2,9,13)(H,10,11)(H2,14,15,16). The van der Waals surface area contributed by atoms with E-state index in [1.807, 2.05) is 0 Å². The molecular weight excluding hydrogens is 247 g/mol. The van der Waals surface area contributed by atoms with Crippen molar-refractivity contribution in [1.82, 2.24) is 9.55 Å². The van der Waals surface area contributed by atoms with E-state index in [4.69, 9.17) is 15.5 Å². The van der Waals surface area contributed by atoms with E-state index in [0.717, 1.165) is 0 Å². The fraction of sp³-hybridized carbons (Fsp3) is 0.500. The van der Waals surface area contributed by atoms with Gasteiger partial charge in [-0.2, -0.15) is 0 Å². The highest BCUT2D eigenvalue weighted by Crippen LogP contribution is 2.38. The summed E-state index contributed by atoms with van der Waals surface area (Å²) in [5.74, 6) is -0.320. The summed E-state index contributed by atoms with van der Waals surface area (Å²) < 4.78 is 12.5. The van der Waals surface area contributed by atoms with Crippen molar-refractivity contribution in [2.24, 2.45) is 11.7 Å². The first-order chi connectivity index (χ1) is 7.85. The molecule has 1 aromatic rings. The largest absolute Gasteiger partial charge is 0.364 e. The topological polar surface area (TPSA) is 130 Å². The molecule has 0 aliphatic carbocycles. The minimum atomic E-state index is -4.02. The van der Waals surface area contributed by atoms with Crippen LogP contribution in [0, 0.1) is 5.92 Å². The van der Waals surface area contributed by atoms with Gasteiger partial charge in [-0.15, -0.1) is 0 Å². The molecule has 1 aliphatic heterocycles. The van der Waals surface area contributed by atoms with Crippen molar-refractivity contribution >= 4 is 19.5 Å². The number of primary amides is 1. The second kappa shape index (κ2) is 4.14. The van der Waals surface area contributed by atoms with Crippen molar-refractivity contribution in [3.8, 4) is 0 Å². The Morgan fingerprint density at radius 3 is 3.00 bits per heavy atom. The Hall–Kier alpha value is -1.37. The van der Waals surface area contributed by atoms with Crippen LogP contribution in [0.5, 0.6) is 0 Å². The normalized spacial score (nSPS) is 19.5. The summed E-state index contributed by atoms with van der Waals surface area (Å²) in [6.07, 6.45) is 1.29. The molecule has 94 valence electrons. The molecule has 2 heterocycles. The van der Waals surface area contributed by atoms with Crippen LogP contribution in [0.4, 0.5) is 5.95 Å². The number of carbonyl (C=O) groups excluding carboxylic acids is 1. The molecule has 1 unspecified atom stereocenters. The third kappa shape index (κ3) is 2.85. The van der Waals surface area contributed by atoms with Crippen LogP contribution in [0.3, 0.4) is 0 Å². The first-order valence-electron chi connectivity index (χ1n) is 5.00. The Balaban J connectivity index is 2.13. The van der Waals surface area contributed by atoms with Gasteiger partial charge >= 0.3 is 7.60 Å². The highest BCUT2D eigenvalue weighted by molar-refractivity contribution is 7.51. The zero-order chi connectivity index (χ0) is 12.6. The Morgan fingerprint density at radius 2 is 2.41 bits per heavy atom. The van der Waals surface area contributed by atoms with E-state index in [1.54, 1.807) is 4.57 Å². The van der Waals surface area contributed by atoms with Crippen LogP contribution in [0.15, 0.2) is 6.20 Å². The predicted octanol–water partition coefficient (Wildman–Crippen LogP) is -0.799. The van der Waals surface area contributed by atoms with E-state index in [2.05, 4.69) is 10.3 Å². The maximum atomic E-state index is 10.9. The summed E-state index contributed by atoms with van der Waals surface area (Å²) in [7, 11) is -4.02. The average Bonchev–Trinajstić information content (AvgIpc) is 2.57. The van der Waals surface area contributed by atoms with E-state index in [0.29, 0.717) is 19.0 Å². The Morgan fingerprint density at radius 1 is 1.71 bits per heavy atom. The molecule has 0 saturated carbocycles. The minimum Gasteiger partial charge on any atom is -0.364 e. The minimum absolute atomic E-state index is 0.143. The van der Waals surface area contributed by atoms with E-state index in [9.17, 15) is 9.36 Å². The molecule has 0 saturated heterocycles. The smallest absolute Gasteiger partial charge is 0.325 e. The summed E-state index contributed by atoms with van der Waals surface area (Å²) in [4.78, 5) is 32.7. The van der Waals surface area contributed by atoms with Crippen LogP contribution in [-0.2, 0) is 11.1 Å². The van der Waals surface area contributed by atoms with E-state index < -0.39 is 13.5 Å². The van der Waals surface area contributed by atoms with Crippen LogP contribution < -0.4 is 11.1 Å². The number of rotatable bonds is 3. The molecular formula is C8H13N4O4P. The van der Waals surface area contributed by atoms with Crippen molar-refractivity contribution in [1.29, 1.82) is 0 Å². The molecule has 9 heteroatoms. The molecule has 17 heavy (non-hydrogen) atoms. The molecule has 0 spiro atoms. The molecule has 1 amide bonds. The number of imidazole rings is 1. The van der Waals surface area contributed by atoms with Crippen LogP contribution in [-0.4, -0.2) is 38.0 Å². The lowest BCUT2D eigenvalue weighted by Crippen LogP contribution is -2.29. The monoisotopic (exact) mass is 260 g/mol. The maximum Gasteiger partial charge on any atom is 0.325 e. The SMILES string of the molecule is NC(=O)c1cn2c(n1)NCC(CP(=O)(O)O)C2. The summed E-state index contributed by atoms with van der Waals surface area (Å²) in [6, 6.07) is 0. The number of nitrogens with one attached hydrogen (secondary N) is 1. The lowest BCUT2D eigenvalue weighted by Gasteiger charge is -2.24. The molecule has 1 aromatic heterocycles. The lowest BCUT2D eigenvalue weighted by atomic mass is 10.1. The molecule has 1 atom stereocenters. The fourth-order valence-corrected chi connectivity index (χ4v) is 2.77. The zero-order valence-corrected chi connectivity index (χ0v) is 9.80. The maximum absolute atomic E-state index is 10.9. The van der Waals surface area contributed by atoms with Gasteiger partial charge in [0.2, 0.25) is 5.95 Å². The number of hydrogen-bond acceptors (Lipinski definition) is 4. The first-order valence-corrected chi connectivity index (χ1v) is 6.80. The van der Waals surface area contributed by atoms with Crippen LogP contribution in [0.2, 0.25) is 0 Å². The molecule has 0 fully saturated rings. The van der Waals surface area contributed by atoms with Crippen molar-refractivity contribution in [2.75, 3.05) is 18.0 Å². The number of anilines is 1. The average molecular weight is 260 g/mol. The fourth-order valence-electron chi connectivity index (χ4n) is 1.85. The first kappa shape index (κ1) is 12.1. The van der Waals surface area contributed by atoms with E-state index >= 15 is 0 Å². The number of amides is 1. The van der Waals surface area contributed by atoms with Crippen molar-refractivity contribution < 1.29 is 19.1 Å². The molecule has 5 N–H and O–H groups in total. The summed E-state index contributed by atoms with van der Waals surface area (Å²) >= 11 is 0. The second-order valence-electron chi connectivity index (χ2n) is 4.06. The summed E-state index contributed by atoms with van der Waals surface area (Å²) in [5.41, 5.74) is 5.24. The predicted molar refractivity (Wildman–Crippen MR) is 59.6 cm³/mol. The lowest BCUT2D eigenvalue weighted by molar-refractivity contribution is 0.0996. The van der Waals surface area contributed by atoms with Gasteiger partial charge in [0.1, 0.15) is 5.69 Å². The number of aromatic nitrogens is 2. The third-order valence-corrected chi connectivity index (χ3v) is 3.52. The zero-order valence-electron chi connectivity index (χ0n) is 8.91. The molecule has 0 radical (unpaired) electrons. The third-order valence-electron chi connectivity index (χ3n) is 2.53. The second-order valence-corrected chi connectivity index (χ2v) is 5.76. The van der Waals surface area contributed by atoms with E-state index in [1.165, 1.54) is 6.20 Å². The molecule has 2 rings (SSSR count). The highest BCUT2D eigenvalue weighted by Gasteiger charge is 2.26. The van der Waals surface area contributed by atoms with Gasteiger partial charge in [-0.1, -0.05) is 0 Å². The van der Waals surface area contributed by atoms with Crippen LogP contribution >= 0.6 is 7.60 Å². The van der Waals surface area contributed by atoms with Crippen LogP contribution in [0.1, 0.15) is 10.5 Å². The van der Waals surface area contributed by atoms with Gasteiger partial charge in [-0.05, 0) is 0 Å². The van der Waals surface area contributed by atoms with Gasteiger partial charge in [-0.3, -0.25) is 9.36 Å². The number of fused-ring (bicyclic) bond motifs is 1. The summed E-state index contributed by atoms with van der Waals surface area (Å²) in [6.45, 7) is 0.827. The van der Waals surface area contributed by atoms with Crippen molar-refractivity contribution in [3.05, 3.63) is 11.9 Å². The van der Waals surface area contributed by atoms with Gasteiger partial charge in [0.25, 0.3) is 5.91 Å². The van der Waals surface area contributed by atoms with Crippen molar-refractivity contribution in [3.63, 3.8) is 0 Å². The Bertz CT molecular complexity index is 494. The molecule has 1 aliphatic rings. The Labute approximate surface area is 97.0 Å². The van der Waals surface area contributed by atoms with E-state index in [-0.39, 0.29) is 17.8 Å². The summed E-state index contributed by atoms with van der Waals surface area (Å²) in [5, 5.41) is 2.91. The highest BCUT2D eigenvalue weighted by atomic mass is 31.2. The van der Waals surface area contributed by atoms with Crippen LogP contribution in [0.25, 0.3) is 0 Å². The molecule has 8 nitrogen and oxygen atoms in total. The van der Waals surface area contributed by atoms with Gasteiger partial charge < -0.3 is 25.4 Å².